The van der Waals surface area contributed by atoms with Gasteiger partial charge in [-0.05, 0) is 24.6 Å². The molecule has 0 aliphatic heterocycles. The number of para-hydroxylation sites is 2. The molecule has 7 heteroatoms. The first-order valence-corrected chi connectivity index (χ1v) is 8.45. The molecule has 26 heavy (non-hydrogen) atoms. The molecule has 0 unspecified atom stereocenters. The van der Waals surface area contributed by atoms with Crippen molar-refractivity contribution >= 4 is 11.6 Å². The number of hydrogen-bond donors (Lipinski definition) is 3. The molecule has 0 bridgehead atoms. The molecule has 3 N–H and O–H groups in total. The summed E-state index contributed by atoms with van der Waals surface area (Å²) in [6, 6.07) is 16.7. The number of nitrogens with one attached hydrogen (secondary N) is 3. The van der Waals surface area contributed by atoms with E-state index in [1.807, 2.05) is 30.3 Å². The SMILES string of the molecule is CN=C(NCCCNc1ccccc1)NCc1ccccc1OC(F)F. The number of benzene rings is 2. The lowest BCUT2D eigenvalue weighted by atomic mass is 10.2. The van der Waals surface area contributed by atoms with Crippen molar-refractivity contribution in [3.05, 3.63) is 60.2 Å². The zero-order valence-electron chi connectivity index (χ0n) is 14.7. The van der Waals surface area contributed by atoms with Crippen LogP contribution in [0, 0.1) is 0 Å². The van der Waals surface area contributed by atoms with E-state index < -0.39 is 6.61 Å². The monoisotopic (exact) mass is 362 g/mol. The summed E-state index contributed by atoms with van der Waals surface area (Å²) in [5, 5.41) is 9.63. The highest BCUT2D eigenvalue weighted by Crippen LogP contribution is 2.19. The van der Waals surface area contributed by atoms with E-state index >= 15 is 0 Å². The Morgan fingerprint density at radius 1 is 1.00 bits per heavy atom. The molecule has 2 aromatic rings. The second-order valence-corrected chi connectivity index (χ2v) is 5.49. The van der Waals surface area contributed by atoms with Gasteiger partial charge in [-0.3, -0.25) is 4.99 Å². The van der Waals surface area contributed by atoms with Crippen molar-refractivity contribution in [1.82, 2.24) is 10.6 Å². The third-order valence-electron chi connectivity index (χ3n) is 3.61. The molecule has 0 radical (unpaired) electrons. The minimum absolute atomic E-state index is 0.164. The van der Waals surface area contributed by atoms with Crippen LogP contribution in [-0.2, 0) is 6.54 Å². The highest BCUT2D eigenvalue weighted by molar-refractivity contribution is 5.79. The maximum Gasteiger partial charge on any atom is 0.387 e. The molecule has 0 saturated carbocycles. The van der Waals surface area contributed by atoms with Crippen molar-refractivity contribution in [3.8, 4) is 5.75 Å². The maximum absolute atomic E-state index is 12.4. The zero-order valence-corrected chi connectivity index (χ0v) is 14.7. The number of guanidine groups is 1. The number of halogens is 2. The summed E-state index contributed by atoms with van der Waals surface area (Å²) >= 11 is 0. The van der Waals surface area contributed by atoms with Crippen molar-refractivity contribution in [2.75, 3.05) is 25.5 Å². The molecular formula is C19H24F2N4O. The van der Waals surface area contributed by atoms with E-state index in [1.165, 1.54) is 6.07 Å². The molecule has 0 amide bonds. The van der Waals surface area contributed by atoms with Gasteiger partial charge in [0.15, 0.2) is 5.96 Å². The third-order valence-corrected chi connectivity index (χ3v) is 3.61. The normalized spacial score (nSPS) is 11.3. The molecule has 0 aliphatic carbocycles. The van der Waals surface area contributed by atoms with Gasteiger partial charge in [-0.25, -0.2) is 0 Å². The zero-order chi connectivity index (χ0) is 18.6. The molecular weight excluding hydrogens is 338 g/mol. The smallest absolute Gasteiger partial charge is 0.387 e. The summed E-state index contributed by atoms with van der Waals surface area (Å²) < 4.78 is 29.4. The van der Waals surface area contributed by atoms with Gasteiger partial charge in [0.2, 0.25) is 0 Å². The van der Waals surface area contributed by atoms with E-state index in [2.05, 4.69) is 25.7 Å². The first kappa shape index (κ1) is 19.5. The van der Waals surface area contributed by atoms with Crippen LogP contribution in [0.3, 0.4) is 0 Å². The van der Waals surface area contributed by atoms with Crippen LogP contribution in [0.4, 0.5) is 14.5 Å². The summed E-state index contributed by atoms with van der Waals surface area (Å²) in [6.45, 7) is -0.941. The average molecular weight is 362 g/mol. The number of rotatable bonds is 9. The Bertz CT molecular complexity index is 680. The van der Waals surface area contributed by atoms with Crippen LogP contribution in [0.25, 0.3) is 0 Å². The van der Waals surface area contributed by atoms with Gasteiger partial charge in [-0.15, -0.1) is 0 Å². The lowest BCUT2D eigenvalue weighted by molar-refractivity contribution is -0.0504. The molecule has 0 fully saturated rings. The van der Waals surface area contributed by atoms with Gasteiger partial charge >= 0.3 is 6.61 Å². The van der Waals surface area contributed by atoms with Gasteiger partial charge in [0.05, 0.1) is 0 Å². The highest BCUT2D eigenvalue weighted by atomic mass is 19.3. The Labute approximate surface area is 152 Å². The van der Waals surface area contributed by atoms with Crippen LogP contribution in [0.2, 0.25) is 0 Å². The second-order valence-electron chi connectivity index (χ2n) is 5.49. The number of anilines is 1. The fourth-order valence-corrected chi connectivity index (χ4v) is 2.34. The number of hydrogen-bond acceptors (Lipinski definition) is 3. The average Bonchev–Trinajstić information content (AvgIpc) is 2.65. The molecule has 0 saturated heterocycles. The van der Waals surface area contributed by atoms with Gasteiger partial charge in [-0.2, -0.15) is 8.78 Å². The fraction of sp³-hybridized carbons (Fsp3) is 0.316. The third kappa shape index (κ3) is 6.96. The molecule has 5 nitrogen and oxygen atoms in total. The number of nitrogens with zero attached hydrogens (tertiary/aromatic N) is 1. The first-order valence-electron chi connectivity index (χ1n) is 8.45. The van der Waals surface area contributed by atoms with Crippen molar-refractivity contribution in [2.24, 2.45) is 4.99 Å². The number of aliphatic imine (C=N–C) groups is 1. The van der Waals surface area contributed by atoms with Gasteiger partial charge in [0.1, 0.15) is 5.75 Å². The molecule has 0 aromatic heterocycles. The molecule has 2 aromatic carbocycles. The van der Waals surface area contributed by atoms with E-state index in [0.717, 1.165) is 25.2 Å². The molecule has 2 rings (SSSR count). The summed E-state index contributed by atoms with van der Waals surface area (Å²) in [5.74, 6) is 0.772. The predicted octanol–water partition coefficient (Wildman–Crippen LogP) is 3.46. The van der Waals surface area contributed by atoms with Gasteiger partial charge < -0.3 is 20.7 Å². The van der Waals surface area contributed by atoms with Crippen LogP contribution in [0.15, 0.2) is 59.6 Å². The quantitative estimate of drug-likeness (QED) is 0.363. The van der Waals surface area contributed by atoms with E-state index in [0.29, 0.717) is 18.1 Å². The maximum atomic E-state index is 12.4. The van der Waals surface area contributed by atoms with E-state index in [-0.39, 0.29) is 5.75 Å². The topological polar surface area (TPSA) is 57.7 Å². The second kappa shape index (κ2) is 10.9. The minimum Gasteiger partial charge on any atom is -0.434 e. The van der Waals surface area contributed by atoms with Crippen LogP contribution in [0.1, 0.15) is 12.0 Å². The Morgan fingerprint density at radius 2 is 1.73 bits per heavy atom. The van der Waals surface area contributed by atoms with Crippen LogP contribution < -0.4 is 20.7 Å². The van der Waals surface area contributed by atoms with Crippen molar-refractivity contribution in [3.63, 3.8) is 0 Å². The molecule has 140 valence electrons. The Hall–Kier alpha value is -2.83. The van der Waals surface area contributed by atoms with Gasteiger partial charge in [0, 0.05) is 37.9 Å². The highest BCUT2D eigenvalue weighted by Gasteiger charge is 2.09. The Balaban J connectivity index is 1.71. The standard InChI is InChI=1S/C19H24F2N4O/c1-22-19(24-13-7-12-23-16-9-3-2-4-10-16)25-14-15-8-5-6-11-17(15)26-18(20)21/h2-6,8-11,18,23H,7,12-14H2,1H3,(H2,22,24,25). The van der Waals surface area contributed by atoms with E-state index in [4.69, 9.17) is 0 Å². The Morgan fingerprint density at radius 3 is 2.46 bits per heavy atom. The first-order chi connectivity index (χ1) is 12.7. The number of ether oxygens (including phenoxy) is 1. The largest absolute Gasteiger partial charge is 0.434 e. The van der Waals surface area contributed by atoms with Crippen LogP contribution in [0.5, 0.6) is 5.75 Å². The molecule has 0 heterocycles. The van der Waals surface area contributed by atoms with Crippen molar-refractivity contribution < 1.29 is 13.5 Å². The lowest BCUT2D eigenvalue weighted by Crippen LogP contribution is -2.37. The predicted molar refractivity (Wildman–Crippen MR) is 101 cm³/mol. The van der Waals surface area contributed by atoms with E-state index in [9.17, 15) is 8.78 Å². The van der Waals surface area contributed by atoms with Gasteiger partial charge in [-0.1, -0.05) is 36.4 Å². The van der Waals surface area contributed by atoms with Crippen molar-refractivity contribution in [1.29, 1.82) is 0 Å². The fourth-order valence-electron chi connectivity index (χ4n) is 2.34. The number of alkyl halides is 2. The minimum atomic E-state index is -2.84. The summed E-state index contributed by atoms with van der Waals surface area (Å²) in [5.41, 5.74) is 1.73. The summed E-state index contributed by atoms with van der Waals surface area (Å²) in [7, 11) is 1.67. The summed E-state index contributed by atoms with van der Waals surface area (Å²) in [4.78, 5) is 4.13. The van der Waals surface area contributed by atoms with Crippen molar-refractivity contribution in [2.45, 2.75) is 19.6 Å². The lowest BCUT2D eigenvalue weighted by Gasteiger charge is -2.14. The molecule has 0 aliphatic rings. The van der Waals surface area contributed by atoms with Crippen LogP contribution in [-0.4, -0.2) is 32.7 Å². The Kier molecular flexibility index (Phi) is 8.18. The molecule has 0 atom stereocenters. The van der Waals surface area contributed by atoms with Crippen LogP contribution >= 0.6 is 0 Å². The molecule has 0 spiro atoms. The van der Waals surface area contributed by atoms with Gasteiger partial charge in [0.25, 0.3) is 0 Å². The van der Waals surface area contributed by atoms with E-state index in [1.54, 1.807) is 25.2 Å². The summed E-state index contributed by atoms with van der Waals surface area (Å²) in [6.07, 6.45) is 0.903.